The second-order valence-corrected chi connectivity index (χ2v) is 4.05. The Hall–Kier alpha value is -1.85. The van der Waals surface area contributed by atoms with Crippen LogP contribution in [0.15, 0.2) is 12.4 Å². The summed E-state index contributed by atoms with van der Waals surface area (Å²) in [5, 5.41) is 7.95. The Bertz CT molecular complexity index is 500. The molecule has 0 bridgehead atoms. The van der Waals surface area contributed by atoms with E-state index >= 15 is 0 Å². The number of hydrogen-bond acceptors (Lipinski definition) is 5. The first-order chi connectivity index (χ1) is 8.86. The highest BCUT2D eigenvalue weighted by Crippen LogP contribution is 2.21. The molecule has 1 aliphatic rings. The van der Waals surface area contributed by atoms with Crippen LogP contribution >= 0.6 is 0 Å². The highest BCUT2D eigenvalue weighted by Gasteiger charge is 2.17. The third kappa shape index (κ3) is 2.23. The normalized spacial score (nSPS) is 15.3. The SMILES string of the molecule is CC.Nc1nnc2c(N3CCCCC3)nccn12. The van der Waals surface area contributed by atoms with E-state index in [4.69, 9.17) is 5.73 Å². The van der Waals surface area contributed by atoms with Gasteiger partial charge in [0.25, 0.3) is 0 Å². The van der Waals surface area contributed by atoms with Crippen molar-refractivity contribution in [3.8, 4) is 0 Å². The molecule has 98 valence electrons. The minimum atomic E-state index is 0.413. The molecular formula is C12H20N6. The minimum Gasteiger partial charge on any atom is -0.368 e. The lowest BCUT2D eigenvalue weighted by Crippen LogP contribution is -2.30. The maximum absolute atomic E-state index is 5.72. The fourth-order valence-corrected chi connectivity index (χ4v) is 2.16. The summed E-state index contributed by atoms with van der Waals surface area (Å²) in [4.78, 5) is 6.65. The zero-order valence-corrected chi connectivity index (χ0v) is 11.0. The molecule has 2 N–H and O–H groups in total. The number of piperidine rings is 1. The van der Waals surface area contributed by atoms with Gasteiger partial charge in [0.15, 0.2) is 5.82 Å². The first-order valence-corrected chi connectivity index (χ1v) is 6.56. The smallest absolute Gasteiger partial charge is 0.226 e. The Kier molecular flexibility index (Phi) is 3.96. The van der Waals surface area contributed by atoms with Crippen molar-refractivity contribution < 1.29 is 0 Å². The lowest BCUT2D eigenvalue weighted by atomic mass is 10.1. The Morgan fingerprint density at radius 3 is 2.56 bits per heavy atom. The fourth-order valence-electron chi connectivity index (χ4n) is 2.16. The molecule has 0 radical (unpaired) electrons. The third-order valence-electron chi connectivity index (χ3n) is 2.99. The second kappa shape index (κ2) is 5.66. The van der Waals surface area contributed by atoms with E-state index in [0.717, 1.165) is 24.6 Å². The van der Waals surface area contributed by atoms with Crippen molar-refractivity contribution in [1.82, 2.24) is 19.6 Å². The topological polar surface area (TPSA) is 72.3 Å². The maximum atomic E-state index is 5.72. The molecule has 1 aliphatic heterocycles. The largest absolute Gasteiger partial charge is 0.368 e. The molecule has 2 aromatic heterocycles. The first-order valence-electron chi connectivity index (χ1n) is 6.56. The molecule has 3 rings (SSSR count). The van der Waals surface area contributed by atoms with Crippen molar-refractivity contribution in [3.05, 3.63) is 12.4 Å². The van der Waals surface area contributed by atoms with Gasteiger partial charge in [-0.3, -0.25) is 4.40 Å². The number of nitrogen functional groups attached to an aromatic ring is 1. The Morgan fingerprint density at radius 2 is 1.83 bits per heavy atom. The van der Waals surface area contributed by atoms with Gasteiger partial charge in [0.1, 0.15) is 0 Å². The van der Waals surface area contributed by atoms with Gasteiger partial charge in [-0.05, 0) is 19.3 Å². The van der Waals surface area contributed by atoms with E-state index in [0.29, 0.717) is 5.95 Å². The molecule has 2 aromatic rings. The number of nitrogens with two attached hydrogens (primary N) is 1. The number of rotatable bonds is 1. The molecule has 18 heavy (non-hydrogen) atoms. The molecule has 0 amide bonds. The summed E-state index contributed by atoms with van der Waals surface area (Å²) >= 11 is 0. The van der Waals surface area contributed by atoms with Crippen LogP contribution in [0.5, 0.6) is 0 Å². The summed E-state index contributed by atoms with van der Waals surface area (Å²) in [6.07, 6.45) is 7.27. The molecule has 1 fully saturated rings. The van der Waals surface area contributed by atoms with Crippen LogP contribution < -0.4 is 10.6 Å². The number of hydrogen-bond donors (Lipinski definition) is 1. The average Bonchev–Trinajstić information content (AvgIpc) is 2.84. The average molecular weight is 248 g/mol. The van der Waals surface area contributed by atoms with Gasteiger partial charge in [-0.15, -0.1) is 10.2 Å². The van der Waals surface area contributed by atoms with E-state index < -0.39 is 0 Å². The number of fused-ring (bicyclic) bond motifs is 1. The van der Waals surface area contributed by atoms with Crippen molar-refractivity contribution in [2.75, 3.05) is 23.7 Å². The van der Waals surface area contributed by atoms with Crippen LogP contribution in [0.1, 0.15) is 33.1 Å². The van der Waals surface area contributed by atoms with E-state index in [2.05, 4.69) is 20.1 Å². The van der Waals surface area contributed by atoms with Crippen LogP contribution in [0, 0.1) is 0 Å². The summed E-state index contributed by atoms with van der Waals surface area (Å²) in [5.41, 5.74) is 6.47. The zero-order valence-electron chi connectivity index (χ0n) is 11.0. The molecule has 0 atom stereocenters. The van der Waals surface area contributed by atoms with E-state index in [-0.39, 0.29) is 0 Å². The molecular weight excluding hydrogens is 228 g/mol. The lowest BCUT2D eigenvalue weighted by molar-refractivity contribution is 0.573. The molecule has 0 saturated carbocycles. The molecule has 0 spiro atoms. The van der Waals surface area contributed by atoms with E-state index in [1.165, 1.54) is 19.3 Å². The second-order valence-electron chi connectivity index (χ2n) is 4.05. The Labute approximate surface area is 107 Å². The highest BCUT2D eigenvalue weighted by atomic mass is 15.3. The molecule has 6 nitrogen and oxygen atoms in total. The van der Waals surface area contributed by atoms with Gasteiger partial charge in [-0.25, -0.2) is 4.98 Å². The van der Waals surface area contributed by atoms with Gasteiger partial charge in [-0.2, -0.15) is 0 Å². The molecule has 0 aromatic carbocycles. The number of anilines is 2. The quantitative estimate of drug-likeness (QED) is 0.832. The summed E-state index contributed by atoms with van der Waals surface area (Å²) in [6.45, 7) is 6.08. The summed E-state index contributed by atoms with van der Waals surface area (Å²) in [5.74, 6) is 1.31. The van der Waals surface area contributed by atoms with Crippen molar-refractivity contribution in [2.24, 2.45) is 0 Å². The van der Waals surface area contributed by atoms with Gasteiger partial charge in [-0.1, -0.05) is 13.8 Å². The van der Waals surface area contributed by atoms with Gasteiger partial charge in [0.2, 0.25) is 11.6 Å². The van der Waals surface area contributed by atoms with E-state index in [9.17, 15) is 0 Å². The number of aromatic nitrogens is 4. The van der Waals surface area contributed by atoms with Crippen LogP contribution in [0.25, 0.3) is 5.65 Å². The van der Waals surface area contributed by atoms with Gasteiger partial charge in [0.05, 0.1) is 0 Å². The van der Waals surface area contributed by atoms with Crippen molar-refractivity contribution in [3.63, 3.8) is 0 Å². The lowest BCUT2D eigenvalue weighted by Gasteiger charge is -2.27. The van der Waals surface area contributed by atoms with E-state index in [1.807, 2.05) is 13.8 Å². The van der Waals surface area contributed by atoms with Gasteiger partial charge < -0.3 is 10.6 Å². The van der Waals surface area contributed by atoms with Crippen molar-refractivity contribution in [1.29, 1.82) is 0 Å². The minimum absolute atomic E-state index is 0.413. The van der Waals surface area contributed by atoms with Crippen LogP contribution in [-0.4, -0.2) is 32.7 Å². The molecule has 0 unspecified atom stereocenters. The van der Waals surface area contributed by atoms with E-state index in [1.54, 1.807) is 16.8 Å². The summed E-state index contributed by atoms with van der Waals surface area (Å²) in [7, 11) is 0. The van der Waals surface area contributed by atoms with Crippen LogP contribution in [0.3, 0.4) is 0 Å². The maximum Gasteiger partial charge on any atom is 0.226 e. The first kappa shape index (κ1) is 12.6. The monoisotopic (exact) mass is 248 g/mol. The Balaban J connectivity index is 0.000000574. The fraction of sp³-hybridized carbons (Fsp3) is 0.583. The molecule has 1 saturated heterocycles. The predicted molar refractivity (Wildman–Crippen MR) is 72.6 cm³/mol. The van der Waals surface area contributed by atoms with Crippen LogP contribution in [-0.2, 0) is 0 Å². The molecule has 3 heterocycles. The summed E-state index contributed by atoms with van der Waals surface area (Å²) < 4.78 is 1.77. The molecule has 0 aliphatic carbocycles. The van der Waals surface area contributed by atoms with Crippen molar-refractivity contribution >= 4 is 17.4 Å². The van der Waals surface area contributed by atoms with Crippen LogP contribution in [0.2, 0.25) is 0 Å². The van der Waals surface area contributed by atoms with Gasteiger partial charge >= 0.3 is 0 Å². The zero-order chi connectivity index (χ0) is 13.0. The van der Waals surface area contributed by atoms with Gasteiger partial charge in [0, 0.05) is 25.5 Å². The third-order valence-corrected chi connectivity index (χ3v) is 2.99. The Morgan fingerprint density at radius 1 is 1.11 bits per heavy atom. The predicted octanol–water partition coefficient (Wildman–Crippen LogP) is 1.72. The van der Waals surface area contributed by atoms with Crippen molar-refractivity contribution in [2.45, 2.75) is 33.1 Å². The standard InChI is InChI=1S/C10H14N6.C2H6/c11-10-14-13-9-8(12-4-7-16(9)10)15-5-2-1-3-6-15;1-2/h4,7H,1-3,5-6H2,(H2,11,14);1-2H3. The number of nitrogens with zero attached hydrogens (tertiary/aromatic N) is 5. The van der Waals surface area contributed by atoms with Crippen LogP contribution in [0.4, 0.5) is 11.8 Å². The summed E-state index contributed by atoms with van der Waals surface area (Å²) in [6, 6.07) is 0. The molecule has 6 heteroatoms. The highest BCUT2D eigenvalue weighted by molar-refractivity contribution is 5.65.